The average molecular weight is 366 g/mol. The standard InChI is InChI=1S/C22H26N2O3/c1-4-14-12-24-10-9-16-15-7-5-6-8-19(15)23-21(16)20(24)11-17(14)18(13-26-2)22(25)27-3/h4-8,13,17,20,23H,9-12H2,1-3H3/b14-4+,18-13+/t17-,20+/m0/s1. The lowest BCUT2D eigenvalue weighted by atomic mass is 9.78. The number of hydrogen-bond donors (Lipinski definition) is 1. The smallest absolute Gasteiger partial charge is 0.337 e. The zero-order chi connectivity index (χ0) is 19.0. The van der Waals surface area contributed by atoms with Crippen LogP contribution in [0.3, 0.4) is 0 Å². The summed E-state index contributed by atoms with van der Waals surface area (Å²) in [5, 5.41) is 1.32. The molecule has 27 heavy (non-hydrogen) atoms. The third kappa shape index (κ3) is 2.96. The first-order chi connectivity index (χ1) is 13.2. The van der Waals surface area contributed by atoms with E-state index in [1.165, 1.54) is 34.8 Å². The van der Waals surface area contributed by atoms with Crippen LogP contribution in [0.15, 0.2) is 47.7 Å². The van der Waals surface area contributed by atoms with E-state index in [1.807, 2.05) is 6.92 Å². The van der Waals surface area contributed by atoms with Crippen molar-refractivity contribution in [1.29, 1.82) is 0 Å². The molecule has 0 amide bonds. The number of aromatic amines is 1. The number of para-hydroxylation sites is 1. The first-order valence-corrected chi connectivity index (χ1v) is 9.47. The fourth-order valence-corrected chi connectivity index (χ4v) is 4.68. The van der Waals surface area contributed by atoms with Gasteiger partial charge in [-0.1, -0.05) is 29.8 Å². The molecule has 1 saturated heterocycles. The number of methoxy groups -OCH3 is 2. The highest BCUT2D eigenvalue weighted by atomic mass is 16.5. The van der Waals surface area contributed by atoms with Crippen molar-refractivity contribution in [2.45, 2.75) is 25.8 Å². The molecule has 2 atom stereocenters. The highest BCUT2D eigenvalue weighted by Crippen LogP contribution is 2.44. The molecule has 0 radical (unpaired) electrons. The van der Waals surface area contributed by atoms with Gasteiger partial charge in [-0.15, -0.1) is 0 Å². The Morgan fingerprint density at radius 3 is 2.85 bits per heavy atom. The van der Waals surface area contributed by atoms with Crippen LogP contribution < -0.4 is 0 Å². The van der Waals surface area contributed by atoms with Crippen LogP contribution in [-0.4, -0.2) is 43.2 Å². The van der Waals surface area contributed by atoms with Gasteiger partial charge in [0.15, 0.2) is 0 Å². The van der Waals surface area contributed by atoms with Gasteiger partial charge in [-0.05, 0) is 31.4 Å². The number of carbonyl (C=O) groups excluding carboxylic acids is 1. The second kappa shape index (κ2) is 7.24. The number of piperidine rings is 1. The highest BCUT2D eigenvalue weighted by Gasteiger charge is 2.40. The zero-order valence-electron chi connectivity index (χ0n) is 16.1. The molecule has 1 aromatic heterocycles. The van der Waals surface area contributed by atoms with E-state index in [0.29, 0.717) is 5.57 Å². The van der Waals surface area contributed by atoms with E-state index >= 15 is 0 Å². The Bertz CT molecular complexity index is 925. The summed E-state index contributed by atoms with van der Waals surface area (Å²) in [5.41, 5.74) is 5.75. The van der Waals surface area contributed by atoms with E-state index < -0.39 is 0 Å². The molecule has 0 bridgehead atoms. The van der Waals surface area contributed by atoms with E-state index in [-0.39, 0.29) is 17.9 Å². The number of benzene rings is 1. The van der Waals surface area contributed by atoms with Gasteiger partial charge >= 0.3 is 5.97 Å². The van der Waals surface area contributed by atoms with E-state index in [0.717, 1.165) is 25.9 Å². The molecule has 2 aromatic rings. The van der Waals surface area contributed by atoms with Gasteiger partial charge in [-0.3, -0.25) is 4.90 Å². The largest absolute Gasteiger partial charge is 0.504 e. The molecule has 142 valence electrons. The number of allylic oxidation sites excluding steroid dienone is 1. The molecule has 5 heteroatoms. The lowest BCUT2D eigenvalue weighted by Crippen LogP contribution is -2.43. The van der Waals surface area contributed by atoms with Crippen LogP contribution in [-0.2, 0) is 20.7 Å². The number of nitrogens with zero attached hydrogens (tertiary/aromatic N) is 1. The number of nitrogens with one attached hydrogen (secondary N) is 1. The summed E-state index contributed by atoms with van der Waals surface area (Å²) in [7, 11) is 3.00. The number of esters is 1. The van der Waals surface area contributed by atoms with Gasteiger partial charge in [0.1, 0.15) is 0 Å². The van der Waals surface area contributed by atoms with Crippen molar-refractivity contribution in [3.8, 4) is 0 Å². The molecular weight excluding hydrogens is 340 g/mol. The molecule has 1 N–H and O–H groups in total. The summed E-state index contributed by atoms with van der Waals surface area (Å²) in [4.78, 5) is 18.6. The minimum absolute atomic E-state index is 0.000937. The van der Waals surface area contributed by atoms with Gasteiger partial charge in [0, 0.05) is 35.6 Å². The summed E-state index contributed by atoms with van der Waals surface area (Å²) < 4.78 is 10.2. The van der Waals surface area contributed by atoms with Crippen LogP contribution in [0, 0.1) is 5.92 Å². The van der Waals surface area contributed by atoms with Crippen molar-refractivity contribution in [2.75, 3.05) is 27.3 Å². The quantitative estimate of drug-likeness (QED) is 0.389. The van der Waals surface area contributed by atoms with Crippen molar-refractivity contribution in [1.82, 2.24) is 9.88 Å². The predicted octanol–water partition coefficient (Wildman–Crippen LogP) is 3.74. The molecule has 2 aliphatic rings. The van der Waals surface area contributed by atoms with E-state index in [4.69, 9.17) is 9.47 Å². The number of fused-ring (bicyclic) bond motifs is 5. The lowest BCUT2D eigenvalue weighted by molar-refractivity contribution is -0.137. The van der Waals surface area contributed by atoms with Crippen molar-refractivity contribution in [3.05, 3.63) is 59.0 Å². The third-order valence-electron chi connectivity index (χ3n) is 5.97. The third-order valence-corrected chi connectivity index (χ3v) is 5.97. The summed E-state index contributed by atoms with van der Waals surface area (Å²) in [5.74, 6) is -0.316. The normalized spacial score (nSPS) is 24.6. The summed E-state index contributed by atoms with van der Waals surface area (Å²) in [6.07, 6.45) is 5.57. The zero-order valence-corrected chi connectivity index (χ0v) is 16.1. The van der Waals surface area contributed by atoms with Gasteiger partial charge < -0.3 is 14.5 Å². The first-order valence-electron chi connectivity index (χ1n) is 9.47. The number of ether oxygens (including phenoxy) is 2. The van der Waals surface area contributed by atoms with Gasteiger partial charge in [0.25, 0.3) is 0 Å². The minimum Gasteiger partial charge on any atom is -0.504 e. The van der Waals surface area contributed by atoms with Crippen molar-refractivity contribution < 1.29 is 14.3 Å². The fraction of sp³-hybridized carbons (Fsp3) is 0.409. The van der Waals surface area contributed by atoms with E-state index in [1.54, 1.807) is 13.4 Å². The first kappa shape index (κ1) is 17.9. The molecule has 0 aliphatic carbocycles. The maximum absolute atomic E-state index is 12.4. The molecule has 3 heterocycles. The number of aromatic nitrogens is 1. The van der Waals surface area contributed by atoms with Crippen LogP contribution in [0.2, 0.25) is 0 Å². The fourth-order valence-electron chi connectivity index (χ4n) is 4.68. The van der Waals surface area contributed by atoms with Crippen molar-refractivity contribution >= 4 is 16.9 Å². The summed E-state index contributed by atoms with van der Waals surface area (Å²) in [6.45, 7) is 3.94. The molecule has 0 saturated carbocycles. The molecule has 2 aliphatic heterocycles. The molecule has 1 aromatic carbocycles. The maximum Gasteiger partial charge on any atom is 0.337 e. The Morgan fingerprint density at radius 1 is 1.30 bits per heavy atom. The molecule has 5 nitrogen and oxygen atoms in total. The van der Waals surface area contributed by atoms with Crippen LogP contribution in [0.25, 0.3) is 10.9 Å². The highest BCUT2D eigenvalue weighted by molar-refractivity contribution is 5.89. The van der Waals surface area contributed by atoms with Gasteiger partial charge in [-0.2, -0.15) is 0 Å². The van der Waals surface area contributed by atoms with Crippen molar-refractivity contribution in [3.63, 3.8) is 0 Å². The number of H-pyrrole nitrogens is 1. The molecule has 0 unspecified atom stereocenters. The second-order valence-electron chi connectivity index (χ2n) is 7.25. The number of rotatable bonds is 3. The van der Waals surface area contributed by atoms with Crippen molar-refractivity contribution in [2.24, 2.45) is 5.92 Å². The van der Waals surface area contributed by atoms with E-state index in [2.05, 4.69) is 40.2 Å². The molecular formula is C22H26N2O3. The summed E-state index contributed by atoms with van der Waals surface area (Å²) in [6, 6.07) is 8.77. The maximum atomic E-state index is 12.4. The number of hydrogen-bond acceptors (Lipinski definition) is 4. The van der Waals surface area contributed by atoms with Crippen LogP contribution in [0.1, 0.15) is 30.6 Å². The Kier molecular flexibility index (Phi) is 4.79. The molecule has 0 spiro atoms. The minimum atomic E-state index is -0.317. The Hall–Kier alpha value is -2.53. The van der Waals surface area contributed by atoms with Crippen LogP contribution >= 0.6 is 0 Å². The van der Waals surface area contributed by atoms with Gasteiger partial charge in [0.05, 0.1) is 32.1 Å². The van der Waals surface area contributed by atoms with Crippen LogP contribution in [0.5, 0.6) is 0 Å². The predicted molar refractivity (Wildman–Crippen MR) is 105 cm³/mol. The van der Waals surface area contributed by atoms with Crippen LogP contribution in [0.4, 0.5) is 0 Å². The van der Waals surface area contributed by atoms with Gasteiger partial charge in [-0.25, -0.2) is 4.79 Å². The topological polar surface area (TPSA) is 54.6 Å². The molecule has 4 rings (SSSR count). The number of carbonyl (C=O) groups is 1. The summed E-state index contributed by atoms with van der Waals surface area (Å²) >= 11 is 0. The Labute approximate surface area is 159 Å². The molecule has 1 fully saturated rings. The average Bonchev–Trinajstić information content (AvgIpc) is 3.09. The van der Waals surface area contributed by atoms with E-state index in [9.17, 15) is 4.79 Å². The SMILES string of the molecule is C/C=C1\CN2CCc3c([nH]c4ccccc34)[C@H]2C[C@@H]1/C(=C\OC)C(=O)OC. The second-order valence-corrected chi connectivity index (χ2v) is 7.25. The Morgan fingerprint density at radius 2 is 2.11 bits per heavy atom. The Balaban J connectivity index is 1.75. The lowest BCUT2D eigenvalue weighted by Gasteiger charge is -2.44. The monoisotopic (exact) mass is 366 g/mol. The van der Waals surface area contributed by atoms with Gasteiger partial charge in [0.2, 0.25) is 0 Å².